The lowest BCUT2D eigenvalue weighted by molar-refractivity contribution is -0.115. The fourth-order valence-corrected chi connectivity index (χ4v) is 3.54. The Labute approximate surface area is 167 Å². The maximum absolute atomic E-state index is 12.2. The van der Waals surface area contributed by atoms with Gasteiger partial charge < -0.3 is 9.47 Å². The highest BCUT2D eigenvalue weighted by molar-refractivity contribution is 7.14. The fraction of sp³-hybridized carbons (Fsp3) is 0.190. The second-order valence-corrected chi connectivity index (χ2v) is 6.92. The standard InChI is InChI=1S/C21H19N3O3S/c1-14-5-4-6-18(9-14)24(15(2)25)21-23-17(13-28-21)12-27-19-8-7-16(11-22)10-20(19)26-3/h4-10,13H,12H2,1-3H3. The van der Waals surface area contributed by atoms with Crippen molar-refractivity contribution in [1.82, 2.24) is 4.98 Å². The molecule has 2 aromatic carbocycles. The monoisotopic (exact) mass is 393 g/mol. The van der Waals surface area contributed by atoms with Crippen LogP contribution in [0.2, 0.25) is 0 Å². The Balaban J connectivity index is 1.78. The summed E-state index contributed by atoms with van der Waals surface area (Å²) in [7, 11) is 1.52. The summed E-state index contributed by atoms with van der Waals surface area (Å²) >= 11 is 1.38. The Kier molecular flexibility index (Phi) is 5.92. The molecule has 7 heteroatoms. The van der Waals surface area contributed by atoms with E-state index < -0.39 is 0 Å². The number of thiazole rings is 1. The maximum Gasteiger partial charge on any atom is 0.230 e. The van der Waals surface area contributed by atoms with Gasteiger partial charge >= 0.3 is 0 Å². The van der Waals surface area contributed by atoms with Gasteiger partial charge in [-0.25, -0.2) is 4.98 Å². The number of nitrogens with zero attached hydrogens (tertiary/aromatic N) is 3. The van der Waals surface area contributed by atoms with E-state index in [1.807, 2.05) is 36.6 Å². The first-order chi connectivity index (χ1) is 13.5. The van der Waals surface area contributed by atoms with E-state index >= 15 is 0 Å². The molecule has 0 aliphatic rings. The van der Waals surface area contributed by atoms with Gasteiger partial charge in [-0.15, -0.1) is 11.3 Å². The van der Waals surface area contributed by atoms with Crippen molar-refractivity contribution in [3.05, 3.63) is 64.7 Å². The highest BCUT2D eigenvalue weighted by Crippen LogP contribution is 2.31. The molecule has 3 aromatic rings. The van der Waals surface area contributed by atoms with E-state index in [4.69, 9.17) is 14.7 Å². The van der Waals surface area contributed by atoms with Gasteiger partial charge in [0.25, 0.3) is 0 Å². The maximum atomic E-state index is 12.2. The number of hydrogen-bond donors (Lipinski definition) is 0. The lowest BCUT2D eigenvalue weighted by Gasteiger charge is -2.18. The number of anilines is 2. The summed E-state index contributed by atoms with van der Waals surface area (Å²) in [5.74, 6) is 0.902. The Morgan fingerprint density at radius 2 is 2.07 bits per heavy atom. The molecule has 0 bridgehead atoms. The summed E-state index contributed by atoms with van der Waals surface area (Å²) < 4.78 is 11.1. The predicted octanol–water partition coefficient (Wildman–Crippen LogP) is 4.60. The molecule has 1 aromatic heterocycles. The molecule has 0 saturated heterocycles. The molecule has 142 valence electrons. The summed E-state index contributed by atoms with van der Waals surface area (Å²) in [6.45, 7) is 3.72. The summed E-state index contributed by atoms with van der Waals surface area (Å²) in [6, 6.07) is 14.8. The largest absolute Gasteiger partial charge is 0.493 e. The fourth-order valence-electron chi connectivity index (χ4n) is 2.67. The molecule has 1 heterocycles. The number of aryl methyl sites for hydroxylation is 1. The minimum absolute atomic E-state index is 0.110. The van der Waals surface area contributed by atoms with Crippen LogP contribution in [0.3, 0.4) is 0 Å². The highest BCUT2D eigenvalue weighted by Gasteiger charge is 2.18. The van der Waals surface area contributed by atoms with Crippen molar-refractivity contribution in [1.29, 1.82) is 5.26 Å². The second-order valence-electron chi connectivity index (χ2n) is 6.08. The summed E-state index contributed by atoms with van der Waals surface area (Å²) in [5, 5.41) is 11.4. The Morgan fingerprint density at radius 1 is 1.25 bits per heavy atom. The van der Waals surface area contributed by atoms with Gasteiger partial charge in [0.05, 0.1) is 30.1 Å². The quantitative estimate of drug-likeness (QED) is 0.612. The normalized spacial score (nSPS) is 10.2. The number of rotatable bonds is 6. The van der Waals surface area contributed by atoms with Crippen LogP contribution in [0.15, 0.2) is 47.8 Å². The lowest BCUT2D eigenvalue weighted by Crippen LogP contribution is -2.22. The first-order valence-electron chi connectivity index (χ1n) is 8.54. The van der Waals surface area contributed by atoms with Gasteiger partial charge in [0, 0.05) is 18.4 Å². The number of aromatic nitrogens is 1. The van der Waals surface area contributed by atoms with E-state index in [2.05, 4.69) is 11.1 Å². The van der Waals surface area contributed by atoms with Crippen molar-refractivity contribution in [2.75, 3.05) is 12.0 Å². The minimum Gasteiger partial charge on any atom is -0.493 e. The Bertz CT molecular complexity index is 1040. The van der Waals surface area contributed by atoms with Crippen molar-refractivity contribution in [2.45, 2.75) is 20.5 Å². The summed E-state index contributed by atoms with van der Waals surface area (Å²) in [5.41, 5.74) is 3.04. The zero-order valence-electron chi connectivity index (χ0n) is 15.8. The van der Waals surface area contributed by atoms with Gasteiger partial charge in [0.2, 0.25) is 5.91 Å². The van der Waals surface area contributed by atoms with Crippen LogP contribution >= 0.6 is 11.3 Å². The number of methoxy groups -OCH3 is 1. The third kappa shape index (κ3) is 4.30. The van der Waals surface area contributed by atoms with E-state index in [-0.39, 0.29) is 12.5 Å². The first kappa shape index (κ1) is 19.4. The van der Waals surface area contributed by atoms with Gasteiger partial charge in [-0.2, -0.15) is 5.26 Å². The van der Waals surface area contributed by atoms with Crippen LogP contribution in [-0.4, -0.2) is 18.0 Å². The van der Waals surface area contributed by atoms with Crippen molar-refractivity contribution in [3.8, 4) is 17.6 Å². The lowest BCUT2D eigenvalue weighted by atomic mass is 10.2. The number of benzene rings is 2. The van der Waals surface area contributed by atoms with Crippen LogP contribution in [0.1, 0.15) is 23.7 Å². The topological polar surface area (TPSA) is 75.5 Å². The number of ether oxygens (including phenoxy) is 2. The van der Waals surface area contributed by atoms with Crippen LogP contribution in [-0.2, 0) is 11.4 Å². The Hall–Kier alpha value is -3.37. The van der Waals surface area contributed by atoms with E-state index in [1.165, 1.54) is 25.4 Å². The number of carbonyl (C=O) groups excluding carboxylic acids is 1. The predicted molar refractivity (Wildman–Crippen MR) is 108 cm³/mol. The van der Waals surface area contributed by atoms with Gasteiger partial charge in [0.1, 0.15) is 6.61 Å². The van der Waals surface area contributed by atoms with Gasteiger partial charge in [-0.1, -0.05) is 12.1 Å². The average Bonchev–Trinajstić information content (AvgIpc) is 3.14. The van der Waals surface area contributed by atoms with Gasteiger partial charge in [0.15, 0.2) is 16.6 Å². The van der Waals surface area contributed by atoms with Crippen LogP contribution in [0, 0.1) is 18.3 Å². The molecule has 0 radical (unpaired) electrons. The van der Waals surface area contributed by atoms with E-state index in [9.17, 15) is 4.79 Å². The molecule has 1 amide bonds. The SMILES string of the molecule is COc1cc(C#N)ccc1OCc1csc(N(C(C)=O)c2cccc(C)c2)n1. The molecule has 0 fully saturated rings. The molecule has 0 atom stereocenters. The first-order valence-corrected chi connectivity index (χ1v) is 9.42. The van der Waals surface area contributed by atoms with Crippen LogP contribution < -0.4 is 14.4 Å². The van der Waals surface area contributed by atoms with Gasteiger partial charge in [-0.05, 0) is 36.8 Å². The number of amides is 1. The molecule has 6 nitrogen and oxygen atoms in total. The molecule has 0 aliphatic heterocycles. The van der Waals surface area contributed by atoms with E-state index in [1.54, 1.807) is 23.1 Å². The van der Waals surface area contributed by atoms with Crippen molar-refractivity contribution in [3.63, 3.8) is 0 Å². The molecule has 0 N–H and O–H groups in total. The van der Waals surface area contributed by atoms with Crippen LogP contribution in [0.4, 0.5) is 10.8 Å². The highest BCUT2D eigenvalue weighted by atomic mass is 32.1. The van der Waals surface area contributed by atoms with Crippen molar-refractivity contribution >= 4 is 28.1 Å². The van der Waals surface area contributed by atoms with E-state index in [0.717, 1.165) is 11.3 Å². The van der Waals surface area contributed by atoms with Crippen LogP contribution in [0.5, 0.6) is 11.5 Å². The van der Waals surface area contributed by atoms with E-state index in [0.29, 0.717) is 27.9 Å². The molecular weight excluding hydrogens is 374 g/mol. The third-order valence-electron chi connectivity index (χ3n) is 3.97. The summed E-state index contributed by atoms with van der Waals surface area (Å²) in [4.78, 5) is 18.3. The Morgan fingerprint density at radius 3 is 2.75 bits per heavy atom. The van der Waals surface area contributed by atoms with Crippen LogP contribution in [0.25, 0.3) is 0 Å². The molecule has 0 spiro atoms. The van der Waals surface area contributed by atoms with Gasteiger partial charge in [-0.3, -0.25) is 9.69 Å². The molecule has 3 rings (SSSR count). The number of hydrogen-bond acceptors (Lipinski definition) is 6. The minimum atomic E-state index is -0.110. The smallest absolute Gasteiger partial charge is 0.230 e. The van der Waals surface area contributed by atoms with Crippen molar-refractivity contribution < 1.29 is 14.3 Å². The molecular formula is C21H19N3O3S. The molecule has 0 aliphatic carbocycles. The van der Waals surface area contributed by atoms with Crippen molar-refractivity contribution in [2.24, 2.45) is 0 Å². The zero-order valence-corrected chi connectivity index (χ0v) is 16.6. The molecule has 0 unspecified atom stereocenters. The summed E-state index contributed by atoms with van der Waals surface area (Å²) in [6.07, 6.45) is 0. The molecule has 0 saturated carbocycles. The number of nitriles is 1. The third-order valence-corrected chi connectivity index (χ3v) is 4.85. The molecule has 28 heavy (non-hydrogen) atoms. The zero-order chi connectivity index (χ0) is 20.1. The second kappa shape index (κ2) is 8.55. The number of carbonyl (C=O) groups is 1. The average molecular weight is 393 g/mol.